The second-order valence-electron chi connectivity index (χ2n) is 5.52. The molecule has 5 heteroatoms. The largest absolute Gasteiger partial charge is 0.491 e. The highest BCUT2D eigenvalue weighted by Crippen LogP contribution is 2.24. The van der Waals surface area contributed by atoms with Gasteiger partial charge in [-0.2, -0.15) is 0 Å². The van der Waals surface area contributed by atoms with Crippen molar-refractivity contribution in [2.75, 3.05) is 25.0 Å². The van der Waals surface area contributed by atoms with Gasteiger partial charge in [-0.3, -0.25) is 9.59 Å². The summed E-state index contributed by atoms with van der Waals surface area (Å²) in [5.74, 6) is 0.561. The number of hydrogen-bond acceptors (Lipinski definition) is 3. The van der Waals surface area contributed by atoms with E-state index in [1.54, 1.807) is 4.90 Å². The van der Waals surface area contributed by atoms with E-state index in [2.05, 4.69) is 5.32 Å². The zero-order valence-corrected chi connectivity index (χ0v) is 13.1. The SMILES string of the molecule is CCCOc1ccccc1NC(=O)CN1CCCCCC1=O. The van der Waals surface area contributed by atoms with Gasteiger partial charge in [-0.25, -0.2) is 0 Å². The summed E-state index contributed by atoms with van der Waals surface area (Å²) in [6.45, 7) is 3.42. The predicted molar refractivity (Wildman–Crippen MR) is 85.9 cm³/mol. The van der Waals surface area contributed by atoms with Crippen molar-refractivity contribution in [2.45, 2.75) is 39.0 Å². The Morgan fingerprint density at radius 2 is 2.09 bits per heavy atom. The molecule has 1 saturated heterocycles. The summed E-state index contributed by atoms with van der Waals surface area (Å²) < 4.78 is 5.62. The molecule has 0 bridgehead atoms. The summed E-state index contributed by atoms with van der Waals surface area (Å²) in [4.78, 5) is 25.8. The molecule has 0 aromatic heterocycles. The normalized spacial score (nSPS) is 15.3. The fourth-order valence-corrected chi connectivity index (χ4v) is 2.48. The van der Waals surface area contributed by atoms with Crippen LogP contribution < -0.4 is 10.1 Å². The van der Waals surface area contributed by atoms with Gasteiger partial charge in [0.1, 0.15) is 5.75 Å². The Morgan fingerprint density at radius 1 is 1.27 bits per heavy atom. The van der Waals surface area contributed by atoms with Crippen LogP contribution in [0, 0.1) is 0 Å². The van der Waals surface area contributed by atoms with E-state index in [0.717, 1.165) is 25.7 Å². The average Bonchev–Trinajstić information content (AvgIpc) is 2.71. The number of amides is 2. The molecule has 0 radical (unpaired) electrons. The van der Waals surface area contributed by atoms with Gasteiger partial charge in [0.15, 0.2) is 0 Å². The van der Waals surface area contributed by atoms with E-state index in [9.17, 15) is 9.59 Å². The van der Waals surface area contributed by atoms with E-state index >= 15 is 0 Å². The summed E-state index contributed by atoms with van der Waals surface area (Å²) in [7, 11) is 0. The van der Waals surface area contributed by atoms with E-state index in [4.69, 9.17) is 4.74 Å². The molecular weight excluding hydrogens is 280 g/mol. The third-order valence-corrected chi connectivity index (χ3v) is 3.63. The fraction of sp³-hybridized carbons (Fsp3) is 0.529. The second-order valence-corrected chi connectivity index (χ2v) is 5.52. The van der Waals surface area contributed by atoms with Crippen molar-refractivity contribution in [1.29, 1.82) is 0 Å². The van der Waals surface area contributed by atoms with Crippen molar-refractivity contribution in [3.8, 4) is 5.75 Å². The summed E-state index contributed by atoms with van der Waals surface area (Å²) in [6.07, 6.45) is 4.39. The Morgan fingerprint density at radius 3 is 2.91 bits per heavy atom. The lowest BCUT2D eigenvalue weighted by molar-refractivity contribution is -0.134. The molecule has 0 atom stereocenters. The molecule has 1 fully saturated rings. The maximum atomic E-state index is 12.2. The van der Waals surface area contributed by atoms with Gasteiger partial charge in [-0.05, 0) is 31.4 Å². The number of carbonyl (C=O) groups is 2. The topological polar surface area (TPSA) is 58.6 Å². The number of nitrogens with zero attached hydrogens (tertiary/aromatic N) is 1. The zero-order chi connectivity index (χ0) is 15.8. The molecule has 2 rings (SSSR count). The molecule has 120 valence electrons. The summed E-state index contributed by atoms with van der Waals surface area (Å²) in [5.41, 5.74) is 0.656. The van der Waals surface area contributed by atoms with Gasteiger partial charge < -0.3 is 15.0 Å². The van der Waals surface area contributed by atoms with Gasteiger partial charge in [0.05, 0.1) is 18.8 Å². The minimum absolute atomic E-state index is 0.0724. The molecule has 1 heterocycles. The Balaban J connectivity index is 1.95. The van der Waals surface area contributed by atoms with Crippen LogP contribution in [0.4, 0.5) is 5.69 Å². The lowest BCUT2D eigenvalue weighted by Crippen LogP contribution is -2.37. The molecule has 0 aliphatic carbocycles. The number of rotatable bonds is 6. The highest BCUT2D eigenvalue weighted by Gasteiger charge is 2.19. The molecule has 1 aliphatic rings. The molecule has 1 aromatic rings. The van der Waals surface area contributed by atoms with Gasteiger partial charge in [0.2, 0.25) is 11.8 Å². The van der Waals surface area contributed by atoms with E-state index in [0.29, 0.717) is 31.0 Å². The molecule has 1 N–H and O–H groups in total. The van der Waals surface area contributed by atoms with Crippen LogP contribution in [0.15, 0.2) is 24.3 Å². The van der Waals surface area contributed by atoms with Crippen molar-refractivity contribution in [2.24, 2.45) is 0 Å². The second kappa shape index (κ2) is 8.41. The number of carbonyl (C=O) groups excluding carboxylic acids is 2. The number of anilines is 1. The molecule has 0 unspecified atom stereocenters. The summed E-state index contributed by atoms with van der Waals surface area (Å²) >= 11 is 0. The smallest absolute Gasteiger partial charge is 0.244 e. The third-order valence-electron chi connectivity index (χ3n) is 3.63. The molecule has 1 aromatic carbocycles. The molecule has 5 nitrogen and oxygen atoms in total. The first-order valence-electron chi connectivity index (χ1n) is 8.00. The average molecular weight is 304 g/mol. The van der Waals surface area contributed by atoms with Crippen LogP contribution in [0.1, 0.15) is 39.0 Å². The predicted octanol–water partition coefficient (Wildman–Crippen LogP) is 2.82. The number of benzene rings is 1. The van der Waals surface area contributed by atoms with Crippen LogP contribution in [-0.4, -0.2) is 36.4 Å². The monoisotopic (exact) mass is 304 g/mol. The van der Waals surface area contributed by atoms with Crippen molar-refractivity contribution in [1.82, 2.24) is 4.90 Å². The van der Waals surface area contributed by atoms with Crippen molar-refractivity contribution in [3.05, 3.63) is 24.3 Å². The molecule has 1 aliphatic heterocycles. The minimum atomic E-state index is -0.178. The van der Waals surface area contributed by atoms with Gasteiger partial charge in [-0.15, -0.1) is 0 Å². The number of ether oxygens (including phenoxy) is 1. The van der Waals surface area contributed by atoms with E-state index in [1.807, 2.05) is 31.2 Å². The molecule has 0 saturated carbocycles. The van der Waals surface area contributed by atoms with Crippen molar-refractivity contribution in [3.63, 3.8) is 0 Å². The molecule has 22 heavy (non-hydrogen) atoms. The Bertz CT molecular complexity index is 516. The van der Waals surface area contributed by atoms with Crippen molar-refractivity contribution >= 4 is 17.5 Å². The number of nitrogens with one attached hydrogen (secondary N) is 1. The Kier molecular flexibility index (Phi) is 6.25. The standard InChI is InChI=1S/C17H24N2O3/c1-2-12-22-15-9-6-5-8-14(15)18-16(20)13-19-11-7-3-4-10-17(19)21/h5-6,8-9H,2-4,7,10-13H2,1H3,(H,18,20). The van der Waals surface area contributed by atoms with Gasteiger partial charge in [0.25, 0.3) is 0 Å². The first kappa shape index (κ1) is 16.3. The van der Waals surface area contributed by atoms with Crippen LogP contribution in [0.25, 0.3) is 0 Å². The van der Waals surface area contributed by atoms with E-state index in [1.165, 1.54) is 0 Å². The van der Waals surface area contributed by atoms with Gasteiger partial charge in [0, 0.05) is 13.0 Å². The first-order chi connectivity index (χ1) is 10.7. The van der Waals surface area contributed by atoms with Crippen LogP contribution in [0.5, 0.6) is 5.75 Å². The van der Waals surface area contributed by atoms with Crippen LogP contribution >= 0.6 is 0 Å². The fourth-order valence-electron chi connectivity index (χ4n) is 2.48. The van der Waals surface area contributed by atoms with Crippen LogP contribution in [0.2, 0.25) is 0 Å². The van der Waals surface area contributed by atoms with Gasteiger partial charge in [-0.1, -0.05) is 25.5 Å². The maximum Gasteiger partial charge on any atom is 0.244 e. The van der Waals surface area contributed by atoms with Crippen LogP contribution in [-0.2, 0) is 9.59 Å². The molecular formula is C17H24N2O3. The van der Waals surface area contributed by atoms with Gasteiger partial charge >= 0.3 is 0 Å². The van der Waals surface area contributed by atoms with Crippen molar-refractivity contribution < 1.29 is 14.3 Å². The lowest BCUT2D eigenvalue weighted by atomic mass is 10.2. The Labute approximate surface area is 131 Å². The first-order valence-corrected chi connectivity index (χ1v) is 8.00. The van der Waals surface area contributed by atoms with Crippen LogP contribution in [0.3, 0.4) is 0 Å². The Hall–Kier alpha value is -2.04. The number of hydrogen-bond donors (Lipinski definition) is 1. The van der Waals surface area contributed by atoms with E-state index < -0.39 is 0 Å². The highest BCUT2D eigenvalue weighted by molar-refractivity contribution is 5.95. The number of para-hydroxylation sites is 2. The molecule has 2 amide bonds. The highest BCUT2D eigenvalue weighted by atomic mass is 16.5. The number of likely N-dealkylation sites (tertiary alicyclic amines) is 1. The minimum Gasteiger partial charge on any atom is -0.491 e. The molecule has 0 spiro atoms. The van der Waals surface area contributed by atoms with E-state index in [-0.39, 0.29) is 18.4 Å². The quantitative estimate of drug-likeness (QED) is 0.879. The maximum absolute atomic E-state index is 12.2. The lowest BCUT2D eigenvalue weighted by Gasteiger charge is -2.20. The summed E-state index contributed by atoms with van der Waals surface area (Å²) in [5, 5.41) is 2.85. The zero-order valence-electron chi connectivity index (χ0n) is 13.1. The summed E-state index contributed by atoms with van der Waals surface area (Å²) in [6, 6.07) is 7.37. The third kappa shape index (κ3) is 4.76.